The molecule has 2 aromatic rings. The molecule has 1 heterocycles. The number of benzene rings is 2. The molecule has 1 aliphatic heterocycles. The number of ether oxygens (including phenoxy) is 2. The number of para-hydroxylation sites is 1. The van der Waals surface area contributed by atoms with Crippen molar-refractivity contribution in [1.29, 1.82) is 0 Å². The highest BCUT2D eigenvalue weighted by atomic mass is 16.6. The summed E-state index contributed by atoms with van der Waals surface area (Å²) in [5, 5.41) is 10.9. The Balaban J connectivity index is 1.54. The van der Waals surface area contributed by atoms with Crippen molar-refractivity contribution in [3.63, 3.8) is 0 Å². The normalized spacial score (nSPS) is 14.8. The second-order valence-corrected chi connectivity index (χ2v) is 7.30. The van der Waals surface area contributed by atoms with Crippen LogP contribution in [0.5, 0.6) is 11.5 Å². The molecule has 0 unspecified atom stereocenters. The van der Waals surface area contributed by atoms with Crippen molar-refractivity contribution >= 4 is 5.69 Å². The lowest BCUT2D eigenvalue weighted by atomic mass is 10.0. The monoisotopic (exact) mass is 356 g/mol. The standard InChI is InChI=1S/C20H24N2O4/c1-20(2)13-16-7-5-9-18(19(16)26-20)25-11-10-21(3)14-15-6-4-8-17(12-15)22(23)24/h4-9,12H,10-11,13-14H2,1-3H3. The van der Waals surface area contributed by atoms with E-state index in [-0.39, 0.29) is 16.2 Å². The molecule has 1 aliphatic rings. The van der Waals surface area contributed by atoms with Gasteiger partial charge in [-0.05, 0) is 32.5 Å². The van der Waals surface area contributed by atoms with Gasteiger partial charge in [0, 0.05) is 37.2 Å². The van der Waals surface area contributed by atoms with Gasteiger partial charge in [0.2, 0.25) is 0 Å². The minimum absolute atomic E-state index is 0.117. The minimum atomic E-state index is -0.371. The molecule has 0 saturated heterocycles. The number of nitrogens with zero attached hydrogens (tertiary/aromatic N) is 2. The molecule has 0 saturated carbocycles. The van der Waals surface area contributed by atoms with Crippen LogP contribution in [-0.2, 0) is 13.0 Å². The average molecular weight is 356 g/mol. The Morgan fingerprint density at radius 1 is 1.27 bits per heavy atom. The molecule has 0 spiro atoms. The van der Waals surface area contributed by atoms with Gasteiger partial charge in [-0.25, -0.2) is 0 Å². The fourth-order valence-corrected chi connectivity index (χ4v) is 3.17. The number of hydrogen-bond acceptors (Lipinski definition) is 5. The number of nitro groups is 1. The van der Waals surface area contributed by atoms with Crippen LogP contribution in [0.1, 0.15) is 25.0 Å². The zero-order valence-electron chi connectivity index (χ0n) is 15.4. The third kappa shape index (κ3) is 4.32. The number of nitro benzene ring substituents is 1. The largest absolute Gasteiger partial charge is 0.488 e. The van der Waals surface area contributed by atoms with Gasteiger partial charge in [-0.3, -0.25) is 15.0 Å². The Kier molecular flexibility index (Phi) is 5.13. The Morgan fingerprint density at radius 2 is 2.04 bits per heavy atom. The van der Waals surface area contributed by atoms with Gasteiger partial charge in [-0.2, -0.15) is 0 Å². The molecule has 0 aromatic heterocycles. The summed E-state index contributed by atoms with van der Waals surface area (Å²) in [5.74, 6) is 1.62. The third-order valence-electron chi connectivity index (χ3n) is 4.36. The van der Waals surface area contributed by atoms with E-state index in [2.05, 4.69) is 24.8 Å². The maximum atomic E-state index is 10.9. The van der Waals surface area contributed by atoms with Gasteiger partial charge in [-0.15, -0.1) is 0 Å². The quantitative estimate of drug-likeness (QED) is 0.557. The zero-order valence-corrected chi connectivity index (χ0v) is 15.4. The number of rotatable bonds is 7. The molecular weight excluding hydrogens is 332 g/mol. The summed E-state index contributed by atoms with van der Waals surface area (Å²) in [6.45, 7) is 6.00. The molecule has 0 N–H and O–H groups in total. The van der Waals surface area contributed by atoms with Gasteiger partial charge in [0.25, 0.3) is 5.69 Å². The van der Waals surface area contributed by atoms with Crippen molar-refractivity contribution in [3.05, 3.63) is 63.7 Å². The fourth-order valence-electron chi connectivity index (χ4n) is 3.17. The van der Waals surface area contributed by atoms with Crippen molar-refractivity contribution in [3.8, 4) is 11.5 Å². The maximum absolute atomic E-state index is 10.9. The Hall–Kier alpha value is -2.60. The van der Waals surface area contributed by atoms with Crippen LogP contribution >= 0.6 is 0 Å². The molecule has 3 rings (SSSR count). The molecule has 138 valence electrons. The highest BCUT2D eigenvalue weighted by Gasteiger charge is 2.32. The van der Waals surface area contributed by atoms with Gasteiger partial charge in [0.1, 0.15) is 12.2 Å². The SMILES string of the molecule is CN(CCOc1cccc2c1OC(C)(C)C2)Cc1cccc([N+](=O)[O-])c1. The number of fused-ring (bicyclic) bond motifs is 1. The van der Waals surface area contributed by atoms with Crippen LogP contribution in [0.3, 0.4) is 0 Å². The van der Waals surface area contributed by atoms with Gasteiger partial charge in [-0.1, -0.05) is 24.3 Å². The van der Waals surface area contributed by atoms with Crippen LogP contribution in [0.4, 0.5) is 5.69 Å². The minimum Gasteiger partial charge on any atom is -0.488 e. The summed E-state index contributed by atoms with van der Waals surface area (Å²) in [4.78, 5) is 12.6. The van der Waals surface area contributed by atoms with Crippen LogP contribution in [0.15, 0.2) is 42.5 Å². The highest BCUT2D eigenvalue weighted by Crippen LogP contribution is 2.41. The van der Waals surface area contributed by atoms with E-state index in [4.69, 9.17) is 9.47 Å². The first-order chi connectivity index (χ1) is 12.3. The lowest BCUT2D eigenvalue weighted by Gasteiger charge is -2.19. The average Bonchev–Trinajstić information content (AvgIpc) is 2.90. The first-order valence-corrected chi connectivity index (χ1v) is 8.70. The lowest BCUT2D eigenvalue weighted by Crippen LogP contribution is -2.25. The van der Waals surface area contributed by atoms with Crippen LogP contribution < -0.4 is 9.47 Å². The molecule has 0 atom stereocenters. The highest BCUT2D eigenvalue weighted by molar-refractivity contribution is 5.50. The summed E-state index contributed by atoms with van der Waals surface area (Å²) in [7, 11) is 1.97. The molecular formula is C20H24N2O4. The lowest BCUT2D eigenvalue weighted by molar-refractivity contribution is -0.384. The summed E-state index contributed by atoms with van der Waals surface area (Å²) < 4.78 is 11.9. The van der Waals surface area contributed by atoms with Gasteiger partial charge in [0.05, 0.1) is 4.92 Å². The van der Waals surface area contributed by atoms with E-state index in [0.717, 1.165) is 23.5 Å². The third-order valence-corrected chi connectivity index (χ3v) is 4.36. The fraction of sp³-hybridized carbons (Fsp3) is 0.400. The maximum Gasteiger partial charge on any atom is 0.269 e. The smallest absolute Gasteiger partial charge is 0.269 e. The van der Waals surface area contributed by atoms with Crippen molar-refractivity contribution < 1.29 is 14.4 Å². The topological polar surface area (TPSA) is 64.8 Å². The van der Waals surface area contributed by atoms with Crippen molar-refractivity contribution in [2.75, 3.05) is 20.2 Å². The first kappa shape index (κ1) is 18.2. The number of non-ortho nitro benzene ring substituents is 1. The Morgan fingerprint density at radius 3 is 2.81 bits per heavy atom. The predicted molar refractivity (Wildman–Crippen MR) is 99.8 cm³/mol. The molecule has 0 bridgehead atoms. The number of hydrogen-bond donors (Lipinski definition) is 0. The molecule has 0 radical (unpaired) electrons. The van der Waals surface area contributed by atoms with E-state index in [1.54, 1.807) is 12.1 Å². The second-order valence-electron chi connectivity index (χ2n) is 7.30. The molecule has 2 aromatic carbocycles. The van der Waals surface area contributed by atoms with Gasteiger partial charge >= 0.3 is 0 Å². The van der Waals surface area contributed by atoms with Crippen molar-refractivity contribution in [1.82, 2.24) is 4.90 Å². The summed E-state index contributed by atoms with van der Waals surface area (Å²) in [6.07, 6.45) is 0.881. The van der Waals surface area contributed by atoms with Gasteiger partial charge < -0.3 is 9.47 Å². The van der Waals surface area contributed by atoms with Crippen LogP contribution in [-0.4, -0.2) is 35.6 Å². The predicted octanol–water partition coefficient (Wildman–Crippen LogP) is 3.82. The summed E-state index contributed by atoms with van der Waals surface area (Å²) >= 11 is 0. The number of likely N-dealkylation sites (N-methyl/N-ethyl adjacent to an activating group) is 1. The molecule has 0 fully saturated rings. The van der Waals surface area contributed by atoms with E-state index in [1.165, 1.54) is 11.6 Å². The van der Waals surface area contributed by atoms with E-state index in [0.29, 0.717) is 19.7 Å². The molecule has 26 heavy (non-hydrogen) atoms. The molecule has 6 nitrogen and oxygen atoms in total. The molecule has 0 aliphatic carbocycles. The zero-order chi connectivity index (χ0) is 18.7. The van der Waals surface area contributed by atoms with Crippen LogP contribution in [0.2, 0.25) is 0 Å². The molecule has 6 heteroatoms. The second kappa shape index (κ2) is 7.33. The Bertz CT molecular complexity index is 804. The van der Waals surface area contributed by atoms with Crippen LogP contribution in [0.25, 0.3) is 0 Å². The summed E-state index contributed by atoms with van der Waals surface area (Å²) in [5.41, 5.74) is 2.01. The van der Waals surface area contributed by atoms with Gasteiger partial charge in [0.15, 0.2) is 11.5 Å². The first-order valence-electron chi connectivity index (χ1n) is 8.70. The van der Waals surface area contributed by atoms with Crippen molar-refractivity contribution in [2.24, 2.45) is 0 Å². The van der Waals surface area contributed by atoms with Crippen molar-refractivity contribution in [2.45, 2.75) is 32.4 Å². The van der Waals surface area contributed by atoms with E-state index in [9.17, 15) is 10.1 Å². The molecule has 0 amide bonds. The van der Waals surface area contributed by atoms with Crippen LogP contribution in [0, 0.1) is 10.1 Å². The summed E-state index contributed by atoms with van der Waals surface area (Å²) in [6, 6.07) is 12.7. The van der Waals surface area contributed by atoms with E-state index >= 15 is 0 Å². The van der Waals surface area contributed by atoms with E-state index < -0.39 is 0 Å². The van der Waals surface area contributed by atoms with E-state index in [1.807, 2.05) is 25.2 Å². The Labute approximate surface area is 153 Å².